The summed E-state index contributed by atoms with van der Waals surface area (Å²) in [5, 5.41) is 4.51. The van der Waals surface area contributed by atoms with Gasteiger partial charge in [0.15, 0.2) is 0 Å². The van der Waals surface area contributed by atoms with Crippen LogP contribution in [0.1, 0.15) is 26.3 Å². The van der Waals surface area contributed by atoms with Gasteiger partial charge < -0.3 is 9.57 Å². The average molecular weight is 340 g/mol. The number of halogens is 1. The number of thioether (sulfide) groups is 1. The Morgan fingerprint density at radius 2 is 2.18 bits per heavy atom. The fourth-order valence-electron chi connectivity index (χ4n) is 1.80. The molecule has 4 nitrogen and oxygen atoms in total. The Balaban J connectivity index is 2.24. The van der Waals surface area contributed by atoms with Crippen LogP contribution in [0.4, 0.5) is 0 Å². The minimum Gasteiger partial charge on any atom is -0.488 e. The van der Waals surface area contributed by atoms with Crippen molar-refractivity contribution >= 4 is 41.1 Å². The fourth-order valence-corrected chi connectivity index (χ4v) is 2.59. The third-order valence-corrected chi connectivity index (χ3v) is 4.23. The van der Waals surface area contributed by atoms with Gasteiger partial charge in [0, 0.05) is 16.0 Å². The smallest absolute Gasteiger partial charge is 0.337 e. The van der Waals surface area contributed by atoms with Crippen LogP contribution in [0.2, 0.25) is 5.02 Å². The highest BCUT2D eigenvalue weighted by molar-refractivity contribution is 7.98. The molecular formula is C16H18ClNO3S. The Morgan fingerprint density at radius 1 is 1.45 bits per heavy atom. The summed E-state index contributed by atoms with van der Waals surface area (Å²) in [6, 6.07) is 3.86. The zero-order valence-corrected chi connectivity index (χ0v) is 14.5. The third kappa shape index (κ3) is 3.84. The molecule has 6 heteroatoms. The van der Waals surface area contributed by atoms with Gasteiger partial charge in [-0.25, -0.2) is 4.79 Å². The van der Waals surface area contributed by atoms with Gasteiger partial charge >= 0.3 is 5.97 Å². The second-order valence-electron chi connectivity index (χ2n) is 5.22. The summed E-state index contributed by atoms with van der Waals surface area (Å²) in [6.45, 7) is 5.67. The lowest BCUT2D eigenvalue weighted by atomic mass is 10.0. The summed E-state index contributed by atoms with van der Waals surface area (Å²) in [5.41, 5.74) is 2.26. The van der Waals surface area contributed by atoms with E-state index < -0.39 is 0 Å². The maximum Gasteiger partial charge on any atom is 0.337 e. The Labute approximate surface area is 139 Å². The summed E-state index contributed by atoms with van der Waals surface area (Å²) in [4.78, 5) is 17.4. The number of oxime groups is 1. The molecule has 22 heavy (non-hydrogen) atoms. The van der Waals surface area contributed by atoms with Crippen molar-refractivity contribution in [1.82, 2.24) is 0 Å². The number of nitrogens with zero attached hydrogens (tertiary/aromatic N) is 1. The van der Waals surface area contributed by atoms with Crippen molar-refractivity contribution in [1.29, 1.82) is 0 Å². The molecule has 2 rings (SSSR count). The van der Waals surface area contributed by atoms with Crippen molar-refractivity contribution in [2.24, 2.45) is 11.1 Å². The number of carbonyl (C=O) groups excluding carboxylic acids is 1. The summed E-state index contributed by atoms with van der Waals surface area (Å²) < 4.78 is 5.75. The van der Waals surface area contributed by atoms with Crippen molar-refractivity contribution < 1.29 is 14.4 Å². The molecule has 1 aliphatic rings. The average Bonchev–Trinajstić information content (AvgIpc) is 2.51. The molecule has 0 fully saturated rings. The van der Waals surface area contributed by atoms with E-state index in [-0.39, 0.29) is 11.9 Å². The van der Waals surface area contributed by atoms with Gasteiger partial charge in [-0.05, 0) is 31.4 Å². The molecule has 118 valence electrons. The van der Waals surface area contributed by atoms with Gasteiger partial charge in [-0.15, -0.1) is 11.8 Å². The van der Waals surface area contributed by atoms with Crippen LogP contribution < -0.4 is 4.74 Å². The highest BCUT2D eigenvalue weighted by Crippen LogP contribution is 2.36. The first-order valence-electron chi connectivity index (χ1n) is 6.89. The van der Waals surface area contributed by atoms with Gasteiger partial charge in [0.05, 0.1) is 16.7 Å². The molecule has 0 saturated carbocycles. The van der Waals surface area contributed by atoms with Crippen LogP contribution in [0.15, 0.2) is 27.8 Å². The van der Waals surface area contributed by atoms with E-state index in [2.05, 4.69) is 5.16 Å². The first kappa shape index (κ1) is 16.9. The molecule has 0 atom stereocenters. The molecule has 0 bridgehead atoms. The lowest BCUT2D eigenvalue weighted by Gasteiger charge is -2.19. The first-order chi connectivity index (χ1) is 10.4. The Bertz CT molecular complexity index is 653. The number of ether oxygens (including phenoxy) is 1. The van der Waals surface area contributed by atoms with Crippen LogP contribution in [0.5, 0.6) is 5.75 Å². The largest absolute Gasteiger partial charge is 0.488 e. The minimum absolute atomic E-state index is 0.215. The molecule has 0 N–H and O–H groups in total. The number of benzene rings is 1. The maximum absolute atomic E-state index is 11.4. The summed E-state index contributed by atoms with van der Waals surface area (Å²) >= 11 is 7.91. The first-order valence-corrected chi connectivity index (χ1v) is 8.49. The van der Waals surface area contributed by atoms with Crippen LogP contribution in [0.3, 0.4) is 0 Å². The van der Waals surface area contributed by atoms with E-state index >= 15 is 0 Å². The zero-order chi connectivity index (χ0) is 16.3. The summed E-state index contributed by atoms with van der Waals surface area (Å²) in [5.74, 6) is 0.181. The summed E-state index contributed by atoms with van der Waals surface area (Å²) in [7, 11) is 0. The predicted molar refractivity (Wildman–Crippen MR) is 90.7 cm³/mol. The molecule has 0 aromatic heterocycles. The van der Waals surface area contributed by atoms with Crippen molar-refractivity contribution in [2.75, 3.05) is 12.9 Å². The number of rotatable bonds is 4. The lowest BCUT2D eigenvalue weighted by Crippen LogP contribution is -2.15. The monoisotopic (exact) mass is 339 g/mol. The van der Waals surface area contributed by atoms with E-state index in [0.717, 1.165) is 21.8 Å². The third-order valence-electron chi connectivity index (χ3n) is 3.21. The lowest BCUT2D eigenvalue weighted by molar-refractivity contribution is -0.147. The number of hydrogen-bond donors (Lipinski definition) is 0. The van der Waals surface area contributed by atoms with Crippen LogP contribution in [-0.2, 0) is 9.63 Å². The topological polar surface area (TPSA) is 47.9 Å². The van der Waals surface area contributed by atoms with E-state index in [1.807, 2.05) is 24.5 Å². The molecular weight excluding hydrogens is 322 g/mol. The van der Waals surface area contributed by atoms with Crippen molar-refractivity contribution in [3.8, 4) is 5.75 Å². The van der Waals surface area contributed by atoms with Crippen LogP contribution in [0.25, 0.3) is 6.08 Å². The Morgan fingerprint density at radius 3 is 2.82 bits per heavy atom. The van der Waals surface area contributed by atoms with Crippen molar-refractivity contribution in [3.05, 3.63) is 28.3 Å². The van der Waals surface area contributed by atoms with E-state index in [1.54, 1.807) is 32.5 Å². The standard InChI is InChI=1S/C16H18ClNO3S/c1-9(2)16(19)21-18-10(3)11-5-13-14(17)6-12(22-4)7-15(13)20-8-11/h5-7,9H,8H2,1-4H3/b18-10+. The molecule has 1 heterocycles. The molecule has 0 amide bonds. The molecule has 0 unspecified atom stereocenters. The second-order valence-corrected chi connectivity index (χ2v) is 6.51. The van der Waals surface area contributed by atoms with Crippen molar-refractivity contribution in [2.45, 2.75) is 25.7 Å². The fraction of sp³-hybridized carbons (Fsp3) is 0.375. The quantitative estimate of drug-likeness (QED) is 0.353. The molecule has 0 saturated heterocycles. The van der Waals surface area contributed by atoms with Gasteiger partial charge in [0.25, 0.3) is 0 Å². The van der Waals surface area contributed by atoms with E-state index in [9.17, 15) is 4.79 Å². The van der Waals surface area contributed by atoms with Crippen molar-refractivity contribution in [3.63, 3.8) is 0 Å². The van der Waals surface area contributed by atoms with Crippen LogP contribution in [0, 0.1) is 5.92 Å². The zero-order valence-electron chi connectivity index (χ0n) is 13.0. The number of hydrogen-bond acceptors (Lipinski definition) is 5. The molecule has 1 aromatic rings. The molecule has 0 spiro atoms. The van der Waals surface area contributed by atoms with Gasteiger partial charge in [-0.1, -0.05) is 30.6 Å². The van der Waals surface area contributed by atoms with Gasteiger partial charge in [0.2, 0.25) is 0 Å². The van der Waals surface area contributed by atoms with Gasteiger partial charge in [-0.2, -0.15) is 0 Å². The molecule has 1 aromatic carbocycles. The Kier molecular flexibility index (Phi) is 5.53. The maximum atomic E-state index is 11.4. The predicted octanol–water partition coefficient (Wildman–Crippen LogP) is 4.41. The van der Waals surface area contributed by atoms with Gasteiger partial charge in [0.1, 0.15) is 12.4 Å². The molecule has 0 aliphatic carbocycles. The number of carbonyl (C=O) groups is 1. The number of fused-ring (bicyclic) bond motifs is 1. The van der Waals surface area contributed by atoms with Gasteiger partial charge in [-0.3, -0.25) is 0 Å². The SMILES string of the molecule is CSc1cc(Cl)c2c(c1)OCC(/C(C)=N/OC(=O)C(C)C)=C2. The molecule has 0 radical (unpaired) electrons. The highest BCUT2D eigenvalue weighted by atomic mass is 35.5. The minimum atomic E-state index is -0.361. The Hall–Kier alpha value is -1.46. The summed E-state index contributed by atoms with van der Waals surface area (Å²) in [6.07, 6.45) is 3.91. The van der Waals surface area contributed by atoms with E-state index in [0.29, 0.717) is 17.3 Å². The normalized spacial score (nSPS) is 14.3. The van der Waals surface area contributed by atoms with Crippen LogP contribution >= 0.6 is 23.4 Å². The van der Waals surface area contributed by atoms with E-state index in [1.165, 1.54) is 0 Å². The second kappa shape index (κ2) is 7.20. The highest BCUT2D eigenvalue weighted by Gasteiger charge is 2.18. The van der Waals surface area contributed by atoms with E-state index in [4.69, 9.17) is 21.2 Å². The van der Waals surface area contributed by atoms with Crippen LogP contribution in [-0.4, -0.2) is 24.5 Å². The molecule has 1 aliphatic heterocycles.